The Kier molecular flexibility index (Phi) is 6.36. The summed E-state index contributed by atoms with van der Waals surface area (Å²) >= 11 is 0. The number of aryl methyl sites for hydroxylation is 1. The minimum absolute atomic E-state index is 0.0686. The molecule has 0 atom stereocenters. The van der Waals surface area contributed by atoms with E-state index in [0.29, 0.717) is 0 Å². The Morgan fingerprint density at radius 3 is 2.40 bits per heavy atom. The number of carbonyl (C=O) groups is 1. The zero-order valence-corrected chi connectivity index (χ0v) is 13.3. The van der Waals surface area contributed by atoms with Crippen molar-refractivity contribution in [1.29, 1.82) is 0 Å². The van der Waals surface area contributed by atoms with Gasteiger partial charge in [0.1, 0.15) is 5.75 Å². The second kappa shape index (κ2) is 7.78. The number of amides is 2. The fourth-order valence-corrected chi connectivity index (χ4v) is 2.23. The average molecular weight is 278 g/mol. The first-order chi connectivity index (χ1) is 9.53. The van der Waals surface area contributed by atoms with Crippen LogP contribution in [0, 0.1) is 0 Å². The molecule has 0 aliphatic carbocycles. The molecule has 2 amide bonds. The van der Waals surface area contributed by atoms with Gasteiger partial charge in [-0.3, -0.25) is 0 Å². The number of rotatable bonds is 6. The molecule has 0 fully saturated rings. The second-order valence-electron chi connectivity index (χ2n) is 4.99. The van der Waals surface area contributed by atoms with Gasteiger partial charge in [-0.25, -0.2) is 4.79 Å². The number of hydrogen-bond donors (Lipinski definition) is 0. The maximum atomic E-state index is 12.0. The second-order valence-corrected chi connectivity index (χ2v) is 4.99. The van der Waals surface area contributed by atoms with E-state index in [4.69, 9.17) is 4.74 Å². The predicted molar refractivity (Wildman–Crippen MR) is 82.4 cm³/mol. The number of nitrogens with zero attached hydrogens (tertiary/aromatic N) is 2. The Balaban J connectivity index is 2.75. The molecule has 0 N–H and O–H groups in total. The van der Waals surface area contributed by atoms with Crippen LogP contribution in [0.3, 0.4) is 0 Å². The van der Waals surface area contributed by atoms with E-state index in [2.05, 4.69) is 19.1 Å². The van der Waals surface area contributed by atoms with E-state index in [-0.39, 0.29) is 6.03 Å². The molecule has 1 aromatic carbocycles. The standard InChI is InChI=1S/C16H26N2O2/c1-6-13-12-15(20-5)9-8-14(13)10-11-18(7-2)16(19)17(3)4/h8-9,12H,6-7,10-11H2,1-5H3. The van der Waals surface area contributed by atoms with Crippen molar-refractivity contribution in [2.45, 2.75) is 26.7 Å². The topological polar surface area (TPSA) is 32.8 Å². The molecule has 4 nitrogen and oxygen atoms in total. The summed E-state index contributed by atoms with van der Waals surface area (Å²) in [7, 11) is 5.26. The highest BCUT2D eigenvalue weighted by atomic mass is 16.5. The molecular weight excluding hydrogens is 252 g/mol. The molecule has 0 saturated carbocycles. The van der Waals surface area contributed by atoms with Crippen LogP contribution in [-0.4, -0.2) is 50.1 Å². The SMILES string of the molecule is CCc1cc(OC)ccc1CCN(CC)C(=O)N(C)C. The van der Waals surface area contributed by atoms with Gasteiger partial charge in [0.25, 0.3) is 0 Å². The summed E-state index contributed by atoms with van der Waals surface area (Å²) in [5.74, 6) is 0.891. The van der Waals surface area contributed by atoms with Gasteiger partial charge in [-0.1, -0.05) is 13.0 Å². The highest BCUT2D eigenvalue weighted by Crippen LogP contribution is 2.19. The third kappa shape index (κ3) is 4.15. The van der Waals surface area contributed by atoms with E-state index in [0.717, 1.165) is 31.7 Å². The van der Waals surface area contributed by atoms with Crippen LogP contribution in [0.1, 0.15) is 25.0 Å². The van der Waals surface area contributed by atoms with Gasteiger partial charge in [-0.15, -0.1) is 0 Å². The van der Waals surface area contributed by atoms with Crippen molar-refractivity contribution in [2.24, 2.45) is 0 Å². The van der Waals surface area contributed by atoms with Crippen molar-refractivity contribution < 1.29 is 9.53 Å². The lowest BCUT2D eigenvalue weighted by Gasteiger charge is -2.25. The first kappa shape index (κ1) is 16.3. The smallest absolute Gasteiger partial charge is 0.319 e. The Bertz CT molecular complexity index is 444. The molecule has 0 bridgehead atoms. The lowest BCUT2D eigenvalue weighted by molar-refractivity contribution is 0.174. The van der Waals surface area contributed by atoms with Crippen LogP contribution in [0.4, 0.5) is 4.79 Å². The summed E-state index contributed by atoms with van der Waals surface area (Å²) in [5, 5.41) is 0. The molecular formula is C16H26N2O2. The molecule has 0 aromatic heterocycles. The van der Waals surface area contributed by atoms with Crippen LogP contribution in [0.5, 0.6) is 5.75 Å². The van der Waals surface area contributed by atoms with Crippen molar-refractivity contribution in [3.63, 3.8) is 0 Å². The van der Waals surface area contributed by atoms with Gasteiger partial charge < -0.3 is 14.5 Å². The summed E-state index contributed by atoms with van der Waals surface area (Å²) < 4.78 is 5.26. The lowest BCUT2D eigenvalue weighted by Crippen LogP contribution is -2.40. The fraction of sp³-hybridized carbons (Fsp3) is 0.562. The number of hydrogen-bond acceptors (Lipinski definition) is 2. The van der Waals surface area contributed by atoms with E-state index in [1.807, 2.05) is 17.9 Å². The summed E-state index contributed by atoms with van der Waals surface area (Å²) in [5.41, 5.74) is 2.58. The Morgan fingerprint density at radius 2 is 1.90 bits per heavy atom. The molecule has 0 spiro atoms. The number of benzene rings is 1. The molecule has 0 heterocycles. The quantitative estimate of drug-likeness (QED) is 0.801. The first-order valence-corrected chi connectivity index (χ1v) is 7.15. The Morgan fingerprint density at radius 1 is 1.20 bits per heavy atom. The van der Waals surface area contributed by atoms with Crippen LogP contribution in [0.2, 0.25) is 0 Å². The summed E-state index contributed by atoms with van der Waals surface area (Å²) in [6.45, 7) is 5.62. The van der Waals surface area contributed by atoms with Crippen molar-refractivity contribution in [2.75, 3.05) is 34.3 Å². The molecule has 0 aliphatic rings. The molecule has 0 aliphatic heterocycles. The number of methoxy groups -OCH3 is 1. The third-order valence-corrected chi connectivity index (χ3v) is 3.48. The monoisotopic (exact) mass is 278 g/mol. The van der Waals surface area contributed by atoms with E-state index in [9.17, 15) is 4.79 Å². The van der Waals surface area contributed by atoms with Crippen LogP contribution in [0.25, 0.3) is 0 Å². The van der Waals surface area contributed by atoms with Gasteiger partial charge in [0.2, 0.25) is 0 Å². The molecule has 112 valence electrons. The minimum atomic E-state index is 0.0686. The van der Waals surface area contributed by atoms with Crippen LogP contribution >= 0.6 is 0 Å². The van der Waals surface area contributed by atoms with Gasteiger partial charge in [-0.2, -0.15) is 0 Å². The predicted octanol–water partition coefficient (Wildman–Crippen LogP) is 2.80. The molecule has 1 aromatic rings. The van der Waals surface area contributed by atoms with Gasteiger partial charge in [0, 0.05) is 27.2 Å². The van der Waals surface area contributed by atoms with Crippen LogP contribution in [-0.2, 0) is 12.8 Å². The van der Waals surface area contributed by atoms with Gasteiger partial charge in [-0.05, 0) is 43.0 Å². The lowest BCUT2D eigenvalue weighted by atomic mass is 10.0. The maximum Gasteiger partial charge on any atom is 0.319 e. The number of likely N-dealkylation sites (N-methyl/N-ethyl adjacent to an activating group) is 1. The highest BCUT2D eigenvalue weighted by Gasteiger charge is 2.14. The zero-order valence-electron chi connectivity index (χ0n) is 13.3. The average Bonchev–Trinajstić information content (AvgIpc) is 2.47. The number of carbonyl (C=O) groups excluding carboxylic acids is 1. The van der Waals surface area contributed by atoms with Crippen molar-refractivity contribution >= 4 is 6.03 Å². The van der Waals surface area contributed by atoms with Crippen LogP contribution in [0.15, 0.2) is 18.2 Å². The molecule has 0 unspecified atom stereocenters. The fourth-order valence-electron chi connectivity index (χ4n) is 2.23. The van der Waals surface area contributed by atoms with E-state index in [1.54, 1.807) is 26.1 Å². The summed E-state index contributed by atoms with van der Waals surface area (Å²) in [6, 6.07) is 6.24. The molecule has 0 radical (unpaired) electrons. The molecule has 0 saturated heterocycles. The zero-order chi connectivity index (χ0) is 15.1. The van der Waals surface area contributed by atoms with Crippen molar-refractivity contribution in [3.8, 4) is 5.75 Å². The van der Waals surface area contributed by atoms with E-state index >= 15 is 0 Å². The van der Waals surface area contributed by atoms with Gasteiger partial charge >= 0.3 is 6.03 Å². The maximum absolute atomic E-state index is 12.0. The highest BCUT2D eigenvalue weighted by molar-refractivity contribution is 5.73. The van der Waals surface area contributed by atoms with E-state index < -0.39 is 0 Å². The van der Waals surface area contributed by atoms with Gasteiger partial charge in [0.15, 0.2) is 0 Å². The molecule has 20 heavy (non-hydrogen) atoms. The minimum Gasteiger partial charge on any atom is -0.497 e. The van der Waals surface area contributed by atoms with Gasteiger partial charge in [0.05, 0.1) is 7.11 Å². The largest absolute Gasteiger partial charge is 0.497 e. The Labute approximate surface area is 122 Å². The Hall–Kier alpha value is -1.71. The van der Waals surface area contributed by atoms with Crippen molar-refractivity contribution in [1.82, 2.24) is 9.80 Å². The molecule has 1 rings (SSSR count). The summed E-state index contributed by atoms with van der Waals surface area (Å²) in [6.07, 6.45) is 1.85. The first-order valence-electron chi connectivity index (χ1n) is 7.15. The normalized spacial score (nSPS) is 10.2. The summed E-state index contributed by atoms with van der Waals surface area (Å²) in [4.78, 5) is 15.5. The molecule has 4 heteroatoms. The number of urea groups is 1. The van der Waals surface area contributed by atoms with Crippen molar-refractivity contribution in [3.05, 3.63) is 29.3 Å². The third-order valence-electron chi connectivity index (χ3n) is 3.48. The number of ether oxygens (including phenoxy) is 1. The van der Waals surface area contributed by atoms with E-state index in [1.165, 1.54) is 11.1 Å². The van der Waals surface area contributed by atoms with Crippen LogP contribution < -0.4 is 4.74 Å².